The number of thioether (sulfide) groups is 1. The van der Waals surface area contributed by atoms with Gasteiger partial charge in [-0.1, -0.05) is 54.2 Å². The Morgan fingerprint density at radius 3 is 2.19 bits per heavy atom. The van der Waals surface area contributed by atoms with Crippen LogP contribution < -0.4 is 0 Å². The molecule has 0 unspecified atom stereocenters. The predicted molar refractivity (Wildman–Crippen MR) is 106 cm³/mol. The second kappa shape index (κ2) is 8.09. The van der Waals surface area contributed by atoms with Crippen LogP contribution in [0.15, 0.2) is 64.8 Å². The van der Waals surface area contributed by atoms with Crippen molar-refractivity contribution in [2.45, 2.75) is 13.8 Å². The van der Waals surface area contributed by atoms with Gasteiger partial charge < -0.3 is 0 Å². The average molecular weight is 379 g/mol. The van der Waals surface area contributed by atoms with E-state index in [-0.39, 0.29) is 22.6 Å². The van der Waals surface area contributed by atoms with E-state index in [2.05, 4.69) is 10.2 Å². The highest BCUT2D eigenvalue weighted by Gasteiger charge is 2.34. The highest BCUT2D eigenvalue weighted by Crippen LogP contribution is 2.22. The fourth-order valence-electron chi connectivity index (χ4n) is 2.47. The molecule has 136 valence electrons. The molecule has 0 N–H and O–H groups in total. The number of carbonyl (C=O) groups excluding carboxylic acids is 3. The summed E-state index contributed by atoms with van der Waals surface area (Å²) < 4.78 is 0. The minimum Gasteiger partial charge on any atom is -0.295 e. The SMILES string of the molecule is CC(=O)c1ccc(/C(C)=N\N=C2\SCC(=O)N2C(=O)c2ccccc2)cc1. The predicted octanol–water partition coefficient (Wildman–Crippen LogP) is 3.39. The smallest absolute Gasteiger partial charge is 0.266 e. The normalized spacial score (nSPS) is 16.1. The fraction of sp³-hybridized carbons (Fsp3) is 0.150. The highest BCUT2D eigenvalue weighted by atomic mass is 32.2. The Labute approximate surface area is 161 Å². The van der Waals surface area contributed by atoms with Gasteiger partial charge in [0.25, 0.3) is 5.91 Å². The molecule has 1 saturated heterocycles. The van der Waals surface area contributed by atoms with Crippen LogP contribution in [0.1, 0.15) is 40.1 Å². The number of hydrogen-bond acceptors (Lipinski definition) is 6. The molecule has 3 rings (SSSR count). The third-order valence-electron chi connectivity index (χ3n) is 3.98. The number of nitrogens with zero attached hydrogens (tertiary/aromatic N) is 3. The number of ketones is 1. The van der Waals surface area contributed by atoms with Gasteiger partial charge in [0.15, 0.2) is 11.0 Å². The molecule has 1 fully saturated rings. The molecule has 0 aliphatic carbocycles. The van der Waals surface area contributed by atoms with Gasteiger partial charge in [-0.05, 0) is 31.5 Å². The van der Waals surface area contributed by atoms with Gasteiger partial charge in [0.1, 0.15) is 0 Å². The van der Waals surface area contributed by atoms with Gasteiger partial charge in [-0.15, -0.1) is 5.10 Å². The van der Waals surface area contributed by atoms with Crippen LogP contribution in [0, 0.1) is 0 Å². The largest absolute Gasteiger partial charge is 0.295 e. The average Bonchev–Trinajstić information content (AvgIpc) is 3.06. The number of hydrogen-bond donors (Lipinski definition) is 0. The molecule has 0 radical (unpaired) electrons. The number of rotatable bonds is 4. The summed E-state index contributed by atoms with van der Waals surface area (Å²) in [5.41, 5.74) is 2.46. The van der Waals surface area contributed by atoms with Crippen molar-refractivity contribution < 1.29 is 14.4 Å². The maximum atomic E-state index is 12.6. The van der Waals surface area contributed by atoms with E-state index in [1.807, 2.05) is 0 Å². The lowest BCUT2D eigenvalue weighted by molar-refractivity contribution is -0.122. The monoisotopic (exact) mass is 379 g/mol. The van der Waals surface area contributed by atoms with E-state index in [1.165, 1.54) is 18.7 Å². The van der Waals surface area contributed by atoms with Crippen molar-refractivity contribution in [3.05, 3.63) is 71.3 Å². The minimum absolute atomic E-state index is 0.00711. The van der Waals surface area contributed by atoms with E-state index in [9.17, 15) is 14.4 Å². The van der Waals surface area contributed by atoms with E-state index >= 15 is 0 Å². The molecule has 2 aromatic rings. The second-order valence-electron chi connectivity index (χ2n) is 5.89. The molecule has 27 heavy (non-hydrogen) atoms. The lowest BCUT2D eigenvalue weighted by Crippen LogP contribution is -2.35. The summed E-state index contributed by atoms with van der Waals surface area (Å²) in [6.07, 6.45) is 0. The molecule has 2 aromatic carbocycles. The second-order valence-corrected chi connectivity index (χ2v) is 6.83. The van der Waals surface area contributed by atoms with Gasteiger partial charge in [-0.3, -0.25) is 14.4 Å². The van der Waals surface area contributed by atoms with Crippen molar-refractivity contribution in [2.75, 3.05) is 5.75 Å². The molecule has 0 saturated carbocycles. The quantitative estimate of drug-likeness (QED) is 0.353. The van der Waals surface area contributed by atoms with Crippen LogP contribution in [0.2, 0.25) is 0 Å². The highest BCUT2D eigenvalue weighted by molar-refractivity contribution is 8.15. The molecule has 0 bridgehead atoms. The van der Waals surface area contributed by atoms with Crippen LogP contribution in [0.4, 0.5) is 0 Å². The molecule has 1 heterocycles. The van der Waals surface area contributed by atoms with Crippen molar-refractivity contribution >= 4 is 40.2 Å². The van der Waals surface area contributed by atoms with E-state index in [4.69, 9.17) is 0 Å². The molecule has 0 spiro atoms. The van der Waals surface area contributed by atoms with Crippen molar-refractivity contribution in [3.8, 4) is 0 Å². The van der Waals surface area contributed by atoms with Gasteiger partial charge in [-0.2, -0.15) is 5.10 Å². The molecular formula is C20H17N3O3S. The van der Waals surface area contributed by atoms with Crippen LogP contribution in [0.25, 0.3) is 0 Å². The first kappa shape index (κ1) is 18.7. The Kier molecular flexibility index (Phi) is 5.61. The Bertz CT molecular complexity index is 950. The first-order chi connectivity index (χ1) is 13.0. The maximum Gasteiger partial charge on any atom is 0.266 e. The number of Topliss-reactive ketones (excluding diaryl/α,β-unsaturated/α-hetero) is 1. The number of amidine groups is 1. The van der Waals surface area contributed by atoms with Gasteiger partial charge in [0, 0.05) is 11.1 Å². The molecule has 2 amide bonds. The Morgan fingerprint density at radius 1 is 0.926 bits per heavy atom. The van der Waals surface area contributed by atoms with Crippen LogP contribution >= 0.6 is 11.8 Å². The standard InChI is InChI=1S/C20H17N3O3S/c1-13(15-8-10-16(11-9-15)14(2)24)21-22-20-23(18(25)12-27-20)19(26)17-6-4-3-5-7-17/h3-11H,12H2,1-2H3/b21-13-,22-20+. The van der Waals surface area contributed by atoms with Crippen LogP contribution in [0.5, 0.6) is 0 Å². The van der Waals surface area contributed by atoms with Crippen molar-refractivity contribution in [3.63, 3.8) is 0 Å². The Hall–Kier alpha value is -3.06. The zero-order valence-electron chi connectivity index (χ0n) is 14.9. The van der Waals surface area contributed by atoms with Gasteiger partial charge in [0.05, 0.1) is 11.5 Å². The summed E-state index contributed by atoms with van der Waals surface area (Å²) in [4.78, 5) is 37.2. The zero-order chi connectivity index (χ0) is 19.4. The molecule has 0 aromatic heterocycles. The zero-order valence-corrected chi connectivity index (χ0v) is 15.7. The minimum atomic E-state index is -0.414. The van der Waals surface area contributed by atoms with Gasteiger partial charge in [-0.25, -0.2) is 4.90 Å². The molecule has 0 atom stereocenters. The number of benzene rings is 2. The van der Waals surface area contributed by atoms with Crippen molar-refractivity contribution in [1.82, 2.24) is 4.90 Å². The first-order valence-corrected chi connectivity index (χ1v) is 9.24. The van der Waals surface area contributed by atoms with E-state index < -0.39 is 5.91 Å². The van der Waals surface area contributed by atoms with Crippen LogP contribution in [-0.2, 0) is 4.79 Å². The molecular weight excluding hydrogens is 362 g/mol. The first-order valence-electron chi connectivity index (χ1n) is 8.26. The third-order valence-corrected chi connectivity index (χ3v) is 4.90. The lowest BCUT2D eigenvalue weighted by atomic mass is 10.1. The van der Waals surface area contributed by atoms with Crippen molar-refractivity contribution in [2.24, 2.45) is 10.2 Å². The Morgan fingerprint density at radius 2 is 1.56 bits per heavy atom. The number of amides is 2. The van der Waals surface area contributed by atoms with Crippen molar-refractivity contribution in [1.29, 1.82) is 0 Å². The lowest BCUT2D eigenvalue weighted by Gasteiger charge is -2.13. The maximum absolute atomic E-state index is 12.6. The van der Waals surface area contributed by atoms with E-state index in [1.54, 1.807) is 61.5 Å². The summed E-state index contributed by atoms with van der Waals surface area (Å²) in [5.74, 6) is -0.583. The van der Waals surface area contributed by atoms with Gasteiger partial charge >= 0.3 is 0 Å². The molecule has 7 heteroatoms. The van der Waals surface area contributed by atoms with E-state index in [0.717, 1.165) is 10.5 Å². The topological polar surface area (TPSA) is 79.2 Å². The molecule has 1 aliphatic heterocycles. The third kappa shape index (κ3) is 4.20. The summed E-state index contributed by atoms with van der Waals surface area (Å²) in [6, 6.07) is 15.6. The summed E-state index contributed by atoms with van der Waals surface area (Å²) in [6.45, 7) is 3.28. The number of carbonyl (C=O) groups is 3. The van der Waals surface area contributed by atoms with Crippen LogP contribution in [0.3, 0.4) is 0 Å². The summed E-state index contributed by atoms with van der Waals surface area (Å²) >= 11 is 1.18. The summed E-state index contributed by atoms with van der Waals surface area (Å²) in [7, 11) is 0. The van der Waals surface area contributed by atoms with E-state index in [0.29, 0.717) is 16.8 Å². The van der Waals surface area contributed by atoms with Crippen LogP contribution in [-0.4, -0.2) is 39.1 Å². The fourth-order valence-corrected chi connectivity index (χ4v) is 3.26. The Balaban J connectivity index is 1.84. The molecule has 6 nitrogen and oxygen atoms in total. The molecule has 1 aliphatic rings. The number of imide groups is 1. The van der Waals surface area contributed by atoms with Gasteiger partial charge in [0.2, 0.25) is 5.91 Å². The summed E-state index contributed by atoms with van der Waals surface area (Å²) in [5, 5.41) is 8.54.